The summed E-state index contributed by atoms with van der Waals surface area (Å²) in [6.45, 7) is 5.46. The minimum absolute atomic E-state index is 0.204. The maximum absolute atomic E-state index is 12.2. The maximum atomic E-state index is 12.2. The van der Waals surface area contributed by atoms with Gasteiger partial charge in [-0.1, -0.05) is 23.4 Å². The fourth-order valence-corrected chi connectivity index (χ4v) is 4.21. The number of aryl methyl sites for hydroxylation is 1. The van der Waals surface area contributed by atoms with Crippen molar-refractivity contribution in [2.24, 2.45) is 0 Å². The second kappa shape index (κ2) is 7.57. The van der Waals surface area contributed by atoms with E-state index >= 15 is 0 Å². The molecule has 2 aromatic rings. The number of amides is 1. The molecule has 134 valence electrons. The first kappa shape index (κ1) is 16.6. The van der Waals surface area contributed by atoms with E-state index in [1.54, 1.807) is 22.6 Å². The first-order chi connectivity index (χ1) is 12.3. The molecule has 2 aromatic heterocycles. The summed E-state index contributed by atoms with van der Waals surface area (Å²) in [4.78, 5) is 19.2. The molecule has 1 fully saturated rings. The third-order valence-corrected chi connectivity index (χ3v) is 5.62. The number of aromatic nitrogens is 5. The molecule has 0 atom stereocenters. The first-order valence-corrected chi connectivity index (χ1v) is 9.86. The Balaban J connectivity index is 1.26. The molecule has 1 saturated heterocycles. The highest BCUT2D eigenvalue weighted by molar-refractivity contribution is 7.99. The van der Waals surface area contributed by atoms with Crippen LogP contribution in [0.4, 0.5) is 0 Å². The molecule has 4 rings (SSSR count). The van der Waals surface area contributed by atoms with Gasteiger partial charge in [0.2, 0.25) is 0 Å². The van der Waals surface area contributed by atoms with Gasteiger partial charge in [0.25, 0.3) is 5.91 Å². The van der Waals surface area contributed by atoms with Crippen LogP contribution in [0.15, 0.2) is 17.6 Å². The van der Waals surface area contributed by atoms with Crippen LogP contribution in [0.25, 0.3) is 0 Å². The lowest BCUT2D eigenvalue weighted by atomic mass is 10.1. The zero-order valence-corrected chi connectivity index (χ0v) is 15.0. The van der Waals surface area contributed by atoms with Gasteiger partial charge in [-0.25, -0.2) is 4.98 Å². The van der Waals surface area contributed by atoms with Crippen LogP contribution in [0.1, 0.15) is 35.4 Å². The predicted octanol–water partition coefficient (Wildman–Crippen LogP) is 0.996. The zero-order chi connectivity index (χ0) is 17.1. The Labute approximate surface area is 151 Å². The highest BCUT2D eigenvalue weighted by Gasteiger charge is 2.16. The molecular formula is C16H23N7OS. The molecule has 0 aromatic carbocycles. The predicted molar refractivity (Wildman–Crippen MR) is 94.4 cm³/mol. The molecule has 0 aliphatic carbocycles. The van der Waals surface area contributed by atoms with E-state index in [1.807, 2.05) is 6.20 Å². The van der Waals surface area contributed by atoms with Gasteiger partial charge < -0.3 is 14.8 Å². The van der Waals surface area contributed by atoms with Crippen molar-refractivity contribution in [1.82, 2.24) is 34.8 Å². The Hall–Kier alpha value is -1.87. The molecule has 1 amide bonds. The lowest BCUT2D eigenvalue weighted by molar-refractivity contribution is 0.0945. The summed E-state index contributed by atoms with van der Waals surface area (Å²) < 4.78 is 3.88. The summed E-state index contributed by atoms with van der Waals surface area (Å²) in [7, 11) is 0. The van der Waals surface area contributed by atoms with E-state index in [0.29, 0.717) is 12.2 Å². The fraction of sp³-hybridized carbons (Fsp3) is 0.625. The van der Waals surface area contributed by atoms with E-state index in [-0.39, 0.29) is 5.91 Å². The summed E-state index contributed by atoms with van der Waals surface area (Å²) in [5.74, 6) is 0.875. The quantitative estimate of drug-likeness (QED) is 0.827. The van der Waals surface area contributed by atoms with Crippen molar-refractivity contribution in [1.29, 1.82) is 0 Å². The van der Waals surface area contributed by atoms with E-state index in [9.17, 15) is 4.79 Å². The Kier molecular flexibility index (Phi) is 5.02. The molecule has 0 unspecified atom stereocenters. The fourth-order valence-electron chi connectivity index (χ4n) is 3.25. The highest BCUT2D eigenvalue weighted by atomic mass is 32.2. The van der Waals surface area contributed by atoms with Crippen LogP contribution in [-0.4, -0.2) is 60.7 Å². The van der Waals surface area contributed by atoms with E-state index < -0.39 is 0 Å². The number of nitrogens with zero attached hydrogens (tertiary/aromatic N) is 6. The average molecular weight is 361 g/mol. The molecule has 0 spiro atoms. The Morgan fingerprint density at radius 1 is 1.16 bits per heavy atom. The topological polar surface area (TPSA) is 80.9 Å². The number of carbonyl (C=O) groups is 1. The number of thioether (sulfide) groups is 1. The average Bonchev–Trinajstić information content (AvgIpc) is 3.34. The number of rotatable bonds is 6. The normalized spacial score (nSPS) is 17.6. The largest absolute Gasteiger partial charge is 0.345 e. The van der Waals surface area contributed by atoms with Crippen molar-refractivity contribution in [2.45, 2.75) is 44.1 Å². The van der Waals surface area contributed by atoms with Crippen molar-refractivity contribution in [3.05, 3.63) is 23.8 Å². The van der Waals surface area contributed by atoms with Gasteiger partial charge >= 0.3 is 0 Å². The lowest BCUT2D eigenvalue weighted by Crippen LogP contribution is -2.32. The Bertz CT molecular complexity index is 713. The molecule has 0 radical (unpaired) electrons. The minimum Gasteiger partial charge on any atom is -0.345 e. The van der Waals surface area contributed by atoms with Crippen LogP contribution in [0, 0.1) is 0 Å². The van der Waals surface area contributed by atoms with E-state index in [4.69, 9.17) is 0 Å². The zero-order valence-electron chi connectivity index (χ0n) is 14.2. The smallest absolute Gasteiger partial charge is 0.273 e. The summed E-state index contributed by atoms with van der Waals surface area (Å²) in [6, 6.07) is 0. The van der Waals surface area contributed by atoms with Gasteiger partial charge in [0.1, 0.15) is 0 Å². The maximum Gasteiger partial charge on any atom is 0.273 e. The van der Waals surface area contributed by atoms with E-state index in [1.165, 1.54) is 19.3 Å². The molecule has 1 N–H and O–H groups in total. The van der Waals surface area contributed by atoms with Crippen molar-refractivity contribution in [3.8, 4) is 0 Å². The number of fused-ring (bicyclic) bond motifs is 1. The Morgan fingerprint density at radius 3 is 2.88 bits per heavy atom. The first-order valence-electron chi connectivity index (χ1n) is 8.87. The van der Waals surface area contributed by atoms with Gasteiger partial charge in [-0.2, -0.15) is 0 Å². The molecule has 2 aliphatic rings. The van der Waals surface area contributed by atoms with E-state index in [2.05, 4.69) is 30.1 Å². The number of hydrogen-bond acceptors (Lipinski definition) is 6. The van der Waals surface area contributed by atoms with E-state index in [0.717, 1.165) is 49.3 Å². The highest BCUT2D eigenvalue weighted by Crippen LogP contribution is 2.24. The minimum atomic E-state index is -0.204. The summed E-state index contributed by atoms with van der Waals surface area (Å²) in [5, 5.41) is 12.0. The SMILES string of the molecule is O=C(NCc1cn2c(n1)SCC2)c1cn(CCN2CCCCC2)nn1. The number of hydrogen-bond donors (Lipinski definition) is 1. The second-order valence-electron chi connectivity index (χ2n) is 6.51. The van der Waals surface area contributed by atoms with Gasteiger partial charge in [-0.15, -0.1) is 5.10 Å². The van der Waals surface area contributed by atoms with Crippen LogP contribution in [0.3, 0.4) is 0 Å². The van der Waals surface area contributed by atoms with Crippen LogP contribution in [0.5, 0.6) is 0 Å². The van der Waals surface area contributed by atoms with Gasteiger partial charge in [-0.3, -0.25) is 9.48 Å². The molecule has 2 aliphatic heterocycles. The van der Waals surface area contributed by atoms with Crippen LogP contribution >= 0.6 is 11.8 Å². The van der Waals surface area contributed by atoms with Crippen molar-refractivity contribution < 1.29 is 4.79 Å². The van der Waals surface area contributed by atoms with Crippen LogP contribution in [0.2, 0.25) is 0 Å². The van der Waals surface area contributed by atoms with Gasteiger partial charge in [0.05, 0.1) is 25.0 Å². The van der Waals surface area contributed by atoms with Crippen molar-refractivity contribution in [3.63, 3.8) is 0 Å². The molecule has 8 nitrogen and oxygen atoms in total. The number of likely N-dealkylation sites (tertiary alicyclic amines) is 1. The standard InChI is InChI=1S/C16H23N7OS/c24-15(17-10-13-11-22-8-9-25-16(22)18-13)14-12-23(20-19-14)7-6-21-4-2-1-3-5-21/h11-12H,1-10H2,(H,17,24). The number of nitrogens with one attached hydrogen (secondary N) is 1. The second-order valence-corrected chi connectivity index (χ2v) is 7.57. The number of piperidine rings is 1. The molecule has 25 heavy (non-hydrogen) atoms. The van der Waals surface area contributed by atoms with Crippen molar-refractivity contribution in [2.75, 3.05) is 25.4 Å². The summed E-state index contributed by atoms with van der Waals surface area (Å²) in [5.41, 5.74) is 1.24. The molecule has 4 heterocycles. The summed E-state index contributed by atoms with van der Waals surface area (Å²) in [6.07, 6.45) is 7.62. The third-order valence-electron chi connectivity index (χ3n) is 4.65. The summed E-state index contributed by atoms with van der Waals surface area (Å²) >= 11 is 1.75. The lowest BCUT2D eigenvalue weighted by Gasteiger charge is -2.25. The van der Waals surface area contributed by atoms with Crippen molar-refractivity contribution >= 4 is 17.7 Å². The van der Waals surface area contributed by atoms with Crippen LogP contribution < -0.4 is 5.32 Å². The van der Waals surface area contributed by atoms with Gasteiger partial charge in [-0.05, 0) is 25.9 Å². The molecule has 0 saturated carbocycles. The van der Waals surface area contributed by atoms with Gasteiger partial charge in [0.15, 0.2) is 10.9 Å². The number of carbonyl (C=O) groups excluding carboxylic acids is 1. The van der Waals surface area contributed by atoms with Crippen LogP contribution in [-0.2, 0) is 19.6 Å². The Morgan fingerprint density at radius 2 is 2.04 bits per heavy atom. The molecular weight excluding hydrogens is 338 g/mol. The molecule has 0 bridgehead atoms. The number of imidazole rings is 1. The third kappa shape index (κ3) is 4.04. The molecule has 9 heteroatoms. The van der Waals surface area contributed by atoms with Gasteiger partial charge in [0, 0.05) is 25.0 Å². The monoisotopic (exact) mass is 361 g/mol.